The normalized spacial score (nSPS) is 19.5. The van der Waals surface area contributed by atoms with E-state index in [0.717, 1.165) is 18.5 Å². The van der Waals surface area contributed by atoms with Gasteiger partial charge in [-0.2, -0.15) is 13.2 Å². The smallest absolute Gasteiger partial charge is 0.406 e. The average molecular weight is 529 g/mol. The number of carbonyl (C=O) groups excluding carboxylic acids is 1. The zero-order chi connectivity index (χ0) is 27.4. The van der Waals surface area contributed by atoms with E-state index in [4.69, 9.17) is 15.2 Å². The lowest BCUT2D eigenvalue weighted by molar-refractivity contribution is -0.140. The Hall–Kier alpha value is -3.84. The number of fused-ring (bicyclic) bond motifs is 1. The fraction of sp³-hybridized carbons (Fsp3) is 0.393. The van der Waals surface area contributed by atoms with Gasteiger partial charge in [0.1, 0.15) is 12.3 Å². The molecule has 0 radical (unpaired) electrons. The van der Waals surface area contributed by atoms with Crippen molar-refractivity contribution in [1.29, 1.82) is 0 Å². The molecule has 4 rings (SSSR count). The predicted molar refractivity (Wildman–Crippen MR) is 142 cm³/mol. The van der Waals surface area contributed by atoms with Gasteiger partial charge in [0.15, 0.2) is 0 Å². The second-order valence-corrected chi connectivity index (χ2v) is 9.47. The molecule has 1 fully saturated rings. The SMILES string of the molecule is COc1cc(C(N)=O)ccc1NCC#Cc1cc2c(N[C@@H]3C[C@@H](C)O[C@@H](C)C3)cccc2n1CC(F)(F)F. The molecule has 3 atom stereocenters. The highest BCUT2D eigenvalue weighted by Crippen LogP contribution is 2.32. The summed E-state index contributed by atoms with van der Waals surface area (Å²) in [6.45, 7) is 3.04. The van der Waals surface area contributed by atoms with Crippen LogP contribution in [-0.4, -0.2) is 48.6 Å². The summed E-state index contributed by atoms with van der Waals surface area (Å²) < 4.78 is 52.8. The Morgan fingerprint density at radius 3 is 2.55 bits per heavy atom. The quantitative estimate of drug-likeness (QED) is 0.370. The first kappa shape index (κ1) is 27.2. The second-order valence-electron chi connectivity index (χ2n) is 9.47. The number of nitrogens with two attached hydrogens (primary N) is 1. The van der Waals surface area contributed by atoms with Crippen LogP contribution >= 0.6 is 0 Å². The fourth-order valence-corrected chi connectivity index (χ4v) is 4.87. The number of nitrogens with one attached hydrogen (secondary N) is 2. The van der Waals surface area contributed by atoms with Crippen LogP contribution in [0.5, 0.6) is 5.75 Å². The van der Waals surface area contributed by atoms with Crippen LogP contribution in [0.4, 0.5) is 24.5 Å². The van der Waals surface area contributed by atoms with Gasteiger partial charge in [-0.15, -0.1) is 0 Å². The molecule has 2 heterocycles. The van der Waals surface area contributed by atoms with Crippen molar-refractivity contribution in [1.82, 2.24) is 4.57 Å². The van der Waals surface area contributed by atoms with Gasteiger partial charge in [0.2, 0.25) is 5.91 Å². The van der Waals surface area contributed by atoms with Crippen LogP contribution in [0, 0.1) is 11.8 Å². The van der Waals surface area contributed by atoms with E-state index in [1.807, 2.05) is 19.9 Å². The van der Waals surface area contributed by atoms with Gasteiger partial charge >= 0.3 is 6.18 Å². The standard InChI is InChI=1S/C28H31F3N4O3/c1-17-12-20(13-18(2)38-17)34-23-7-4-8-25-22(23)15-21(35(25)16-28(29,30)31)6-5-11-33-24-10-9-19(27(32)36)14-26(24)37-3/h4,7-10,14-15,17-18,20,33-34H,11-13,16H2,1-3H3,(H2,32,36)/t17-,18+,20-. The van der Waals surface area contributed by atoms with Crippen molar-refractivity contribution in [3.05, 3.63) is 53.7 Å². The molecular formula is C28H31F3N4O3. The predicted octanol–water partition coefficient (Wildman–Crippen LogP) is 5.14. The number of methoxy groups -OCH3 is 1. The average Bonchev–Trinajstić information content (AvgIpc) is 3.18. The van der Waals surface area contributed by atoms with Crippen molar-refractivity contribution in [3.63, 3.8) is 0 Å². The number of anilines is 2. The number of ether oxygens (including phenoxy) is 2. The topological polar surface area (TPSA) is 90.5 Å². The molecule has 0 unspecified atom stereocenters. The monoisotopic (exact) mass is 528 g/mol. The molecule has 0 bridgehead atoms. The summed E-state index contributed by atoms with van der Waals surface area (Å²) >= 11 is 0. The van der Waals surface area contributed by atoms with Gasteiger partial charge in [-0.05, 0) is 69.0 Å². The highest BCUT2D eigenvalue weighted by atomic mass is 19.4. The number of benzene rings is 2. The fourth-order valence-electron chi connectivity index (χ4n) is 4.87. The van der Waals surface area contributed by atoms with E-state index < -0.39 is 18.6 Å². The third kappa shape index (κ3) is 6.53. The Morgan fingerprint density at radius 1 is 1.16 bits per heavy atom. The minimum Gasteiger partial charge on any atom is -0.495 e. The first-order valence-corrected chi connectivity index (χ1v) is 12.4. The lowest BCUT2D eigenvalue weighted by Crippen LogP contribution is -2.36. The Bertz CT molecular complexity index is 1360. The number of hydrogen-bond donors (Lipinski definition) is 3. The summed E-state index contributed by atoms with van der Waals surface area (Å²) in [6, 6.07) is 11.9. The molecule has 7 nitrogen and oxygen atoms in total. The molecule has 1 aliphatic heterocycles. The minimum absolute atomic E-state index is 0.102. The first-order chi connectivity index (χ1) is 18.0. The number of carbonyl (C=O) groups is 1. The Labute approximate surface area is 219 Å². The van der Waals surface area contributed by atoms with Gasteiger partial charge in [-0.25, -0.2) is 0 Å². The number of alkyl halides is 3. The van der Waals surface area contributed by atoms with Crippen molar-refractivity contribution in [3.8, 4) is 17.6 Å². The van der Waals surface area contributed by atoms with Gasteiger partial charge in [0.05, 0.1) is 42.8 Å². The largest absolute Gasteiger partial charge is 0.495 e. The summed E-state index contributed by atoms with van der Waals surface area (Å²) in [5.74, 6) is 5.62. The lowest BCUT2D eigenvalue weighted by atomic mass is 9.99. The summed E-state index contributed by atoms with van der Waals surface area (Å²) in [5.41, 5.74) is 7.68. The lowest BCUT2D eigenvalue weighted by Gasteiger charge is -2.33. The molecule has 0 spiro atoms. The first-order valence-electron chi connectivity index (χ1n) is 12.4. The van der Waals surface area contributed by atoms with E-state index in [2.05, 4.69) is 22.5 Å². The van der Waals surface area contributed by atoms with Crippen LogP contribution in [0.15, 0.2) is 42.5 Å². The Morgan fingerprint density at radius 2 is 1.89 bits per heavy atom. The van der Waals surface area contributed by atoms with Gasteiger partial charge in [0.25, 0.3) is 0 Å². The summed E-state index contributed by atoms with van der Waals surface area (Å²) in [5, 5.41) is 7.27. The minimum atomic E-state index is -4.41. The summed E-state index contributed by atoms with van der Waals surface area (Å²) in [6.07, 6.45) is -2.58. The molecule has 3 aromatic rings. The van der Waals surface area contributed by atoms with E-state index in [1.165, 1.54) is 17.7 Å². The molecule has 0 saturated carbocycles. The highest BCUT2D eigenvalue weighted by molar-refractivity contribution is 5.94. The zero-order valence-electron chi connectivity index (χ0n) is 21.5. The van der Waals surface area contributed by atoms with E-state index in [9.17, 15) is 18.0 Å². The Kier molecular flexibility index (Phi) is 8.07. The van der Waals surface area contributed by atoms with E-state index in [0.29, 0.717) is 27.9 Å². The third-order valence-electron chi connectivity index (χ3n) is 6.41. The maximum atomic E-state index is 13.5. The van der Waals surface area contributed by atoms with Crippen LogP contribution in [0.25, 0.3) is 10.9 Å². The van der Waals surface area contributed by atoms with Crippen molar-refractivity contribution >= 4 is 28.2 Å². The third-order valence-corrected chi connectivity index (χ3v) is 6.41. The maximum absolute atomic E-state index is 13.5. The van der Waals surface area contributed by atoms with Crippen molar-refractivity contribution in [2.24, 2.45) is 5.73 Å². The number of hydrogen-bond acceptors (Lipinski definition) is 5. The number of primary amides is 1. The van der Waals surface area contributed by atoms with Crippen LogP contribution in [0.2, 0.25) is 0 Å². The maximum Gasteiger partial charge on any atom is 0.406 e. The summed E-state index contributed by atoms with van der Waals surface area (Å²) in [4.78, 5) is 11.4. The molecule has 1 saturated heterocycles. The van der Waals surface area contributed by atoms with E-state index >= 15 is 0 Å². The Balaban J connectivity index is 1.60. The van der Waals surface area contributed by atoms with Gasteiger partial charge in [0, 0.05) is 22.7 Å². The molecule has 4 N–H and O–H groups in total. The van der Waals surface area contributed by atoms with Crippen LogP contribution in [0.3, 0.4) is 0 Å². The number of nitrogens with zero attached hydrogens (tertiary/aromatic N) is 1. The van der Waals surface area contributed by atoms with Crippen molar-refractivity contribution < 1.29 is 27.4 Å². The second kappa shape index (κ2) is 11.3. The molecule has 2 aromatic carbocycles. The number of rotatable bonds is 7. The number of aromatic nitrogens is 1. The molecule has 38 heavy (non-hydrogen) atoms. The number of halogens is 3. The van der Waals surface area contributed by atoms with E-state index in [-0.39, 0.29) is 30.5 Å². The van der Waals surface area contributed by atoms with E-state index in [1.54, 1.807) is 30.3 Å². The highest BCUT2D eigenvalue weighted by Gasteiger charge is 2.30. The summed E-state index contributed by atoms with van der Waals surface area (Å²) in [7, 11) is 1.46. The number of amides is 1. The molecule has 1 aromatic heterocycles. The molecule has 1 amide bonds. The molecule has 1 aliphatic rings. The molecule has 202 valence electrons. The van der Waals surface area contributed by atoms with Crippen molar-refractivity contribution in [2.45, 2.75) is 57.7 Å². The van der Waals surface area contributed by atoms with Crippen molar-refractivity contribution in [2.75, 3.05) is 24.3 Å². The zero-order valence-corrected chi connectivity index (χ0v) is 21.5. The van der Waals surface area contributed by atoms with Gasteiger partial charge in [-0.3, -0.25) is 4.79 Å². The van der Waals surface area contributed by atoms with Crippen LogP contribution in [0.1, 0.15) is 42.7 Å². The molecule has 0 aliphatic carbocycles. The van der Waals surface area contributed by atoms with Crippen LogP contribution < -0.4 is 21.1 Å². The van der Waals surface area contributed by atoms with Gasteiger partial charge < -0.3 is 30.4 Å². The molecule has 10 heteroatoms. The van der Waals surface area contributed by atoms with Crippen LogP contribution in [-0.2, 0) is 11.3 Å². The van der Waals surface area contributed by atoms with Gasteiger partial charge in [-0.1, -0.05) is 12.0 Å². The molecular weight excluding hydrogens is 497 g/mol.